The molecule has 1 aliphatic heterocycles. The van der Waals surface area contributed by atoms with Gasteiger partial charge in [-0.1, -0.05) is 42.5 Å². The molecule has 0 N–H and O–H groups in total. The van der Waals surface area contributed by atoms with E-state index < -0.39 is 0 Å². The van der Waals surface area contributed by atoms with E-state index in [2.05, 4.69) is 23.4 Å². The molecule has 0 saturated carbocycles. The van der Waals surface area contributed by atoms with E-state index in [1.807, 2.05) is 24.3 Å². The summed E-state index contributed by atoms with van der Waals surface area (Å²) in [4.78, 5) is 11.4. The van der Waals surface area contributed by atoms with Crippen LogP contribution in [-0.2, 0) is 0 Å². The molecule has 1 unspecified atom stereocenters. The average molecular weight is 286 g/mol. The van der Waals surface area contributed by atoms with Crippen molar-refractivity contribution >= 4 is 17.6 Å². The molecule has 0 amide bonds. The van der Waals surface area contributed by atoms with Gasteiger partial charge in [-0.3, -0.25) is 10.1 Å². The molecular weight excluding hydrogens is 272 g/mol. The second kappa shape index (κ2) is 5.26. The Morgan fingerprint density at radius 3 is 2.45 bits per heavy atom. The van der Waals surface area contributed by atoms with Crippen molar-refractivity contribution in [3.05, 3.63) is 70.3 Å². The molecule has 2 aromatic rings. The van der Waals surface area contributed by atoms with E-state index in [4.69, 9.17) is 0 Å². The predicted octanol–water partition coefficient (Wildman–Crippen LogP) is 4.05. The van der Waals surface area contributed by atoms with Gasteiger partial charge in [0.05, 0.1) is 11.0 Å². The third-order valence-electron chi connectivity index (χ3n) is 3.45. The maximum absolute atomic E-state index is 11.0. The molecule has 1 fully saturated rings. The number of hydrogen-bond acceptors (Lipinski definition) is 4. The van der Waals surface area contributed by atoms with E-state index in [0.29, 0.717) is 17.0 Å². The highest BCUT2D eigenvalue weighted by molar-refractivity contribution is 7.97. The van der Waals surface area contributed by atoms with Crippen LogP contribution >= 0.6 is 11.9 Å². The SMILES string of the molecule is C[C@@H]1[C@@H](c2ccccc2)N1Sc1ccccc1[N+](=O)[O-]. The zero-order chi connectivity index (χ0) is 14.1. The fourth-order valence-electron chi connectivity index (χ4n) is 2.34. The van der Waals surface area contributed by atoms with Gasteiger partial charge in [-0.15, -0.1) is 0 Å². The molecule has 1 aliphatic rings. The van der Waals surface area contributed by atoms with Gasteiger partial charge in [0.2, 0.25) is 0 Å². The van der Waals surface area contributed by atoms with Crippen LogP contribution in [0.15, 0.2) is 59.5 Å². The standard InChI is InChI=1S/C15H14N2O2S/c1-11-15(12-7-3-2-4-8-12)16(11)20-14-10-6-5-9-13(14)17(18)19/h2-11,15H,1H3/t11-,15+,16?/m1/s1. The van der Waals surface area contributed by atoms with Gasteiger partial charge in [0.1, 0.15) is 4.90 Å². The van der Waals surface area contributed by atoms with Gasteiger partial charge in [-0.25, -0.2) is 4.31 Å². The Morgan fingerprint density at radius 1 is 1.10 bits per heavy atom. The van der Waals surface area contributed by atoms with E-state index in [1.165, 1.54) is 17.5 Å². The van der Waals surface area contributed by atoms with E-state index in [-0.39, 0.29) is 10.6 Å². The van der Waals surface area contributed by atoms with Crippen molar-refractivity contribution in [2.75, 3.05) is 0 Å². The molecule has 0 bridgehead atoms. The lowest BCUT2D eigenvalue weighted by molar-refractivity contribution is -0.387. The maximum atomic E-state index is 11.0. The van der Waals surface area contributed by atoms with Gasteiger partial charge in [0.25, 0.3) is 5.69 Å². The summed E-state index contributed by atoms with van der Waals surface area (Å²) >= 11 is 1.47. The molecule has 0 radical (unpaired) electrons. The highest BCUT2D eigenvalue weighted by Gasteiger charge is 2.46. The van der Waals surface area contributed by atoms with Crippen LogP contribution in [0.2, 0.25) is 0 Å². The van der Waals surface area contributed by atoms with Crippen LogP contribution < -0.4 is 0 Å². The molecule has 0 aliphatic carbocycles. The summed E-state index contributed by atoms with van der Waals surface area (Å²) in [5, 5.41) is 11.0. The summed E-state index contributed by atoms with van der Waals surface area (Å²) in [5.41, 5.74) is 1.43. The largest absolute Gasteiger partial charge is 0.284 e. The molecule has 1 saturated heterocycles. The molecule has 5 heteroatoms. The molecule has 102 valence electrons. The quantitative estimate of drug-likeness (QED) is 0.368. The highest BCUT2D eigenvalue weighted by Crippen LogP contribution is 2.51. The van der Waals surface area contributed by atoms with Crippen LogP contribution in [0.5, 0.6) is 0 Å². The lowest BCUT2D eigenvalue weighted by Gasteiger charge is -2.04. The van der Waals surface area contributed by atoms with Gasteiger partial charge in [0, 0.05) is 12.1 Å². The third kappa shape index (κ3) is 2.42. The van der Waals surface area contributed by atoms with Crippen molar-refractivity contribution in [1.82, 2.24) is 4.31 Å². The van der Waals surface area contributed by atoms with Gasteiger partial charge in [0.15, 0.2) is 0 Å². The van der Waals surface area contributed by atoms with Crippen molar-refractivity contribution in [2.45, 2.75) is 23.9 Å². The Bertz CT molecular complexity index is 633. The minimum absolute atomic E-state index is 0.170. The zero-order valence-electron chi connectivity index (χ0n) is 11.0. The number of para-hydroxylation sites is 1. The minimum atomic E-state index is -0.325. The van der Waals surface area contributed by atoms with Gasteiger partial charge < -0.3 is 0 Å². The van der Waals surface area contributed by atoms with Crippen molar-refractivity contribution in [2.24, 2.45) is 0 Å². The van der Waals surface area contributed by atoms with E-state index in [9.17, 15) is 10.1 Å². The van der Waals surface area contributed by atoms with E-state index in [1.54, 1.807) is 18.2 Å². The van der Waals surface area contributed by atoms with Crippen LogP contribution in [0.3, 0.4) is 0 Å². The summed E-state index contributed by atoms with van der Waals surface area (Å²) in [6, 6.07) is 17.8. The lowest BCUT2D eigenvalue weighted by Crippen LogP contribution is -1.93. The lowest BCUT2D eigenvalue weighted by atomic mass is 10.1. The number of nitro groups is 1. The normalized spacial score (nSPS) is 24.4. The first-order valence-corrected chi connectivity index (χ1v) is 7.20. The number of rotatable bonds is 4. The van der Waals surface area contributed by atoms with E-state index in [0.717, 1.165) is 0 Å². The van der Waals surface area contributed by atoms with Crippen LogP contribution in [0.25, 0.3) is 0 Å². The fourth-order valence-corrected chi connectivity index (χ4v) is 3.58. The molecule has 20 heavy (non-hydrogen) atoms. The van der Waals surface area contributed by atoms with Crippen LogP contribution in [-0.4, -0.2) is 15.3 Å². The molecule has 0 aromatic heterocycles. The molecule has 4 nitrogen and oxygen atoms in total. The molecule has 2 aromatic carbocycles. The highest BCUT2D eigenvalue weighted by atomic mass is 32.2. The molecule has 3 atom stereocenters. The summed E-state index contributed by atoms with van der Waals surface area (Å²) in [6.07, 6.45) is 0. The monoisotopic (exact) mass is 286 g/mol. The first-order chi connectivity index (χ1) is 9.68. The summed E-state index contributed by atoms with van der Waals surface area (Å²) in [5.74, 6) is 0. The maximum Gasteiger partial charge on any atom is 0.284 e. The van der Waals surface area contributed by atoms with Gasteiger partial charge in [-0.2, -0.15) is 0 Å². The van der Waals surface area contributed by atoms with Gasteiger partial charge >= 0.3 is 0 Å². The third-order valence-corrected chi connectivity index (χ3v) is 4.76. The van der Waals surface area contributed by atoms with Crippen molar-refractivity contribution in [3.8, 4) is 0 Å². The smallest absolute Gasteiger partial charge is 0.258 e. The Balaban J connectivity index is 1.79. The number of benzene rings is 2. The summed E-state index contributed by atoms with van der Waals surface area (Å²) in [7, 11) is 0. The number of nitrogens with zero attached hydrogens (tertiary/aromatic N) is 2. The Morgan fingerprint density at radius 2 is 1.75 bits per heavy atom. The number of nitro benzene ring substituents is 1. The summed E-state index contributed by atoms with van der Waals surface area (Å²) in [6.45, 7) is 2.14. The van der Waals surface area contributed by atoms with Crippen molar-refractivity contribution < 1.29 is 4.92 Å². The zero-order valence-corrected chi connectivity index (χ0v) is 11.8. The fraction of sp³-hybridized carbons (Fsp3) is 0.200. The second-order valence-corrected chi connectivity index (χ2v) is 5.82. The van der Waals surface area contributed by atoms with Crippen LogP contribution in [0, 0.1) is 10.1 Å². The molecule has 1 heterocycles. The second-order valence-electron chi connectivity index (χ2n) is 4.77. The minimum Gasteiger partial charge on any atom is -0.258 e. The average Bonchev–Trinajstić information content (AvgIpc) is 3.10. The first kappa shape index (κ1) is 13.1. The topological polar surface area (TPSA) is 46.1 Å². The van der Waals surface area contributed by atoms with Crippen molar-refractivity contribution in [1.29, 1.82) is 0 Å². The predicted molar refractivity (Wildman–Crippen MR) is 79.4 cm³/mol. The molecule has 3 rings (SSSR count). The summed E-state index contributed by atoms with van der Waals surface area (Å²) < 4.78 is 2.19. The Kier molecular flexibility index (Phi) is 3.46. The molecule has 0 spiro atoms. The van der Waals surface area contributed by atoms with Crippen LogP contribution in [0.1, 0.15) is 18.5 Å². The Hall–Kier alpha value is -1.85. The molecular formula is C15H14N2O2S. The number of hydrogen-bond donors (Lipinski definition) is 0. The van der Waals surface area contributed by atoms with Crippen LogP contribution in [0.4, 0.5) is 5.69 Å². The first-order valence-electron chi connectivity index (χ1n) is 6.43. The van der Waals surface area contributed by atoms with E-state index >= 15 is 0 Å². The Labute approximate surface area is 121 Å². The van der Waals surface area contributed by atoms with Crippen molar-refractivity contribution in [3.63, 3.8) is 0 Å². The van der Waals surface area contributed by atoms with Gasteiger partial charge in [-0.05, 0) is 30.5 Å².